The van der Waals surface area contributed by atoms with Crippen molar-refractivity contribution in [2.75, 3.05) is 40.0 Å². The molecule has 0 aliphatic heterocycles. The van der Waals surface area contributed by atoms with Gasteiger partial charge in [-0.15, -0.1) is 0 Å². The fourth-order valence-corrected chi connectivity index (χ4v) is 0.978. The van der Waals surface area contributed by atoms with E-state index >= 15 is 0 Å². The van der Waals surface area contributed by atoms with E-state index in [1.165, 1.54) is 7.11 Å². The zero-order chi connectivity index (χ0) is 13.3. The topological polar surface area (TPSA) is 67.8 Å². The number of nitrogens with one attached hydrogen (secondary N) is 1. The van der Waals surface area contributed by atoms with Crippen molar-refractivity contribution in [2.24, 2.45) is 5.92 Å². The number of carboxylic acid groups (broad SMARTS) is 1. The van der Waals surface area contributed by atoms with Gasteiger partial charge in [-0.3, -0.25) is 4.79 Å². The number of carboxylic acids is 1. The van der Waals surface area contributed by atoms with E-state index in [1.807, 2.05) is 0 Å². The Balaban J connectivity index is 3.67. The summed E-state index contributed by atoms with van der Waals surface area (Å²) >= 11 is 0. The lowest BCUT2D eigenvalue weighted by atomic mass is 10.1. The summed E-state index contributed by atoms with van der Waals surface area (Å²) in [6, 6.07) is 0. The smallest absolute Gasteiger partial charge is 0.403 e. The number of carbonyl (C=O) groups is 1. The van der Waals surface area contributed by atoms with Gasteiger partial charge in [0, 0.05) is 20.2 Å². The van der Waals surface area contributed by atoms with Gasteiger partial charge in [-0.1, -0.05) is 0 Å². The van der Waals surface area contributed by atoms with Gasteiger partial charge in [0.1, 0.15) is 0 Å². The lowest BCUT2D eigenvalue weighted by Gasteiger charge is -2.16. The quantitative estimate of drug-likeness (QED) is 0.590. The van der Waals surface area contributed by atoms with Crippen LogP contribution in [0.15, 0.2) is 0 Å². The van der Waals surface area contributed by atoms with Crippen molar-refractivity contribution in [1.29, 1.82) is 0 Å². The van der Waals surface area contributed by atoms with Crippen LogP contribution in [-0.2, 0) is 14.3 Å². The van der Waals surface area contributed by atoms with E-state index in [1.54, 1.807) is 0 Å². The van der Waals surface area contributed by atoms with E-state index in [4.69, 9.17) is 14.6 Å². The van der Waals surface area contributed by atoms with Crippen molar-refractivity contribution in [3.63, 3.8) is 0 Å². The van der Waals surface area contributed by atoms with E-state index in [0.717, 1.165) is 0 Å². The molecule has 2 N–H and O–H groups in total. The maximum Gasteiger partial charge on any atom is 0.403 e. The van der Waals surface area contributed by atoms with Crippen LogP contribution < -0.4 is 5.32 Å². The second-order valence-electron chi connectivity index (χ2n) is 3.24. The van der Waals surface area contributed by atoms with E-state index in [9.17, 15) is 18.0 Å². The molecule has 0 aromatic heterocycles. The van der Waals surface area contributed by atoms with Crippen molar-refractivity contribution in [3.8, 4) is 0 Å². The molecule has 1 atom stereocenters. The fourth-order valence-electron chi connectivity index (χ4n) is 0.978. The molecule has 0 rings (SSSR count). The number of hydrogen-bond acceptors (Lipinski definition) is 4. The number of halogens is 3. The minimum atomic E-state index is -4.74. The average Bonchev–Trinajstić information content (AvgIpc) is 2.19. The number of aliphatic carboxylic acids is 1. The Morgan fingerprint density at radius 1 is 1.35 bits per heavy atom. The lowest BCUT2D eigenvalue weighted by Crippen LogP contribution is -2.40. The maximum atomic E-state index is 12.2. The summed E-state index contributed by atoms with van der Waals surface area (Å²) in [6.45, 7) is 0.448. The van der Waals surface area contributed by atoms with Gasteiger partial charge >= 0.3 is 12.1 Å². The number of hydrogen-bond donors (Lipinski definition) is 2. The van der Waals surface area contributed by atoms with Crippen LogP contribution >= 0.6 is 0 Å². The highest BCUT2D eigenvalue weighted by Gasteiger charge is 2.44. The van der Waals surface area contributed by atoms with Crippen LogP contribution in [0.3, 0.4) is 0 Å². The highest BCUT2D eigenvalue weighted by atomic mass is 19.4. The molecule has 0 spiro atoms. The van der Waals surface area contributed by atoms with Crippen LogP contribution in [0.2, 0.25) is 0 Å². The predicted molar refractivity (Wildman–Crippen MR) is 52.7 cm³/mol. The first kappa shape index (κ1) is 16.1. The third-order valence-electron chi connectivity index (χ3n) is 1.90. The Labute approximate surface area is 96.9 Å². The molecule has 0 radical (unpaired) electrons. The average molecular weight is 259 g/mol. The van der Waals surface area contributed by atoms with Crippen LogP contribution in [0.1, 0.15) is 0 Å². The first-order valence-corrected chi connectivity index (χ1v) is 4.96. The van der Waals surface area contributed by atoms with Crippen LogP contribution in [-0.4, -0.2) is 57.3 Å². The van der Waals surface area contributed by atoms with Crippen LogP contribution in [0.4, 0.5) is 13.2 Å². The zero-order valence-electron chi connectivity index (χ0n) is 9.42. The van der Waals surface area contributed by atoms with Crippen LogP contribution in [0.25, 0.3) is 0 Å². The number of ether oxygens (including phenoxy) is 2. The van der Waals surface area contributed by atoms with E-state index in [2.05, 4.69) is 5.32 Å². The van der Waals surface area contributed by atoms with E-state index < -0.39 is 24.6 Å². The van der Waals surface area contributed by atoms with E-state index in [0.29, 0.717) is 13.2 Å². The number of methoxy groups -OCH3 is 1. The van der Waals surface area contributed by atoms with Crippen molar-refractivity contribution >= 4 is 5.97 Å². The molecule has 0 aliphatic carbocycles. The molecule has 0 aromatic rings. The molecule has 8 heteroatoms. The lowest BCUT2D eigenvalue weighted by molar-refractivity contribution is -0.192. The Bertz CT molecular complexity index is 223. The van der Waals surface area contributed by atoms with Gasteiger partial charge in [-0.25, -0.2) is 0 Å². The molecule has 1 unspecified atom stereocenters. The first-order chi connectivity index (χ1) is 7.89. The first-order valence-electron chi connectivity index (χ1n) is 4.96. The predicted octanol–water partition coefficient (Wildman–Crippen LogP) is 0.502. The summed E-state index contributed by atoms with van der Waals surface area (Å²) in [5.74, 6) is -4.27. The Morgan fingerprint density at radius 3 is 2.47 bits per heavy atom. The molecule has 5 nitrogen and oxygen atoms in total. The molecule has 0 aliphatic rings. The van der Waals surface area contributed by atoms with Gasteiger partial charge in [0.25, 0.3) is 0 Å². The zero-order valence-corrected chi connectivity index (χ0v) is 9.42. The third-order valence-corrected chi connectivity index (χ3v) is 1.90. The Hall–Kier alpha value is -0.860. The van der Waals surface area contributed by atoms with Gasteiger partial charge in [0.15, 0.2) is 5.92 Å². The molecule has 0 saturated carbocycles. The molecule has 0 saturated heterocycles. The Kier molecular flexibility index (Phi) is 7.85. The maximum absolute atomic E-state index is 12.2. The molecule has 0 bridgehead atoms. The second-order valence-corrected chi connectivity index (χ2v) is 3.24. The summed E-state index contributed by atoms with van der Waals surface area (Å²) in [6.07, 6.45) is -4.74. The number of alkyl halides is 3. The van der Waals surface area contributed by atoms with Gasteiger partial charge in [0.2, 0.25) is 0 Å². The summed E-state index contributed by atoms with van der Waals surface area (Å²) in [5, 5.41) is 10.8. The normalized spacial score (nSPS) is 13.6. The van der Waals surface area contributed by atoms with Gasteiger partial charge in [-0.05, 0) is 0 Å². The minimum absolute atomic E-state index is 0.156. The number of rotatable bonds is 9. The standard InChI is InChI=1S/C9H16F3NO4/c1-16-4-5-17-3-2-13-6-7(8(14)15)9(10,11)12/h7,13H,2-6H2,1H3,(H,14,15). The molecule has 0 fully saturated rings. The SMILES string of the molecule is COCCOCCNCC(C(=O)O)C(F)(F)F. The van der Waals surface area contributed by atoms with Gasteiger partial charge in [-0.2, -0.15) is 13.2 Å². The van der Waals surface area contributed by atoms with Crippen molar-refractivity contribution in [1.82, 2.24) is 5.32 Å². The summed E-state index contributed by atoms with van der Waals surface area (Å²) < 4.78 is 46.2. The molecule has 102 valence electrons. The Morgan fingerprint density at radius 2 is 2.00 bits per heavy atom. The van der Waals surface area contributed by atoms with Crippen molar-refractivity contribution < 1.29 is 32.5 Å². The van der Waals surface area contributed by atoms with Gasteiger partial charge in [0.05, 0.1) is 19.8 Å². The van der Waals surface area contributed by atoms with Crippen molar-refractivity contribution in [3.05, 3.63) is 0 Å². The van der Waals surface area contributed by atoms with Crippen LogP contribution in [0.5, 0.6) is 0 Å². The molecule has 0 aromatic carbocycles. The van der Waals surface area contributed by atoms with Crippen LogP contribution in [0, 0.1) is 5.92 Å². The van der Waals surface area contributed by atoms with Crippen molar-refractivity contribution in [2.45, 2.75) is 6.18 Å². The summed E-state index contributed by atoms with van der Waals surface area (Å²) in [7, 11) is 1.50. The van der Waals surface area contributed by atoms with Gasteiger partial charge < -0.3 is 19.9 Å². The monoisotopic (exact) mass is 259 g/mol. The highest BCUT2D eigenvalue weighted by Crippen LogP contribution is 2.25. The summed E-state index contributed by atoms with van der Waals surface area (Å²) in [4.78, 5) is 10.3. The highest BCUT2D eigenvalue weighted by molar-refractivity contribution is 5.71. The molecular weight excluding hydrogens is 243 g/mol. The summed E-state index contributed by atoms with van der Waals surface area (Å²) in [5.41, 5.74) is 0. The second kappa shape index (κ2) is 8.26. The largest absolute Gasteiger partial charge is 0.481 e. The minimum Gasteiger partial charge on any atom is -0.481 e. The molecule has 17 heavy (non-hydrogen) atoms. The molecule has 0 amide bonds. The fraction of sp³-hybridized carbons (Fsp3) is 0.889. The third kappa shape index (κ3) is 7.94. The van der Waals surface area contributed by atoms with E-state index in [-0.39, 0.29) is 13.2 Å². The molecular formula is C9H16F3NO4. The molecule has 0 heterocycles.